The van der Waals surface area contributed by atoms with Crippen LogP contribution < -0.4 is 0 Å². The van der Waals surface area contributed by atoms with Crippen molar-refractivity contribution in [1.29, 1.82) is 5.26 Å². The second kappa shape index (κ2) is 5.67. The number of ketones is 1. The van der Waals surface area contributed by atoms with Crippen molar-refractivity contribution in [2.24, 2.45) is 0 Å². The lowest BCUT2D eigenvalue weighted by atomic mass is 10.1. The molecule has 0 amide bonds. The number of nitrogens with zero attached hydrogens (tertiary/aromatic N) is 2. The SMILES string of the molecule is N#CCCCCn1cc2c(c1)C(=O)CCCC2. The number of unbranched alkanes of at least 4 members (excludes halogenated alkanes) is 2. The summed E-state index contributed by atoms with van der Waals surface area (Å²) in [7, 11) is 0. The molecule has 1 heterocycles. The maximum atomic E-state index is 11.8. The summed E-state index contributed by atoms with van der Waals surface area (Å²) in [5, 5.41) is 8.46. The highest BCUT2D eigenvalue weighted by Crippen LogP contribution is 2.21. The number of hydrogen-bond acceptors (Lipinski definition) is 2. The first kappa shape index (κ1) is 11.9. The van der Waals surface area contributed by atoms with E-state index in [0.717, 1.165) is 44.2 Å². The quantitative estimate of drug-likeness (QED) is 0.589. The first-order chi connectivity index (χ1) is 8.31. The Bertz CT molecular complexity index is 440. The standard InChI is InChI=1S/C14H18N2O/c15-8-4-1-5-9-16-10-12-6-2-3-7-14(17)13(12)11-16/h10-11H,1-7,9H2. The summed E-state index contributed by atoms with van der Waals surface area (Å²) in [5.41, 5.74) is 2.15. The number of carbonyl (C=O) groups excluding carboxylic acids is 1. The fourth-order valence-electron chi connectivity index (χ4n) is 2.37. The zero-order chi connectivity index (χ0) is 12.1. The molecule has 90 valence electrons. The van der Waals surface area contributed by atoms with Crippen molar-refractivity contribution >= 4 is 5.78 Å². The van der Waals surface area contributed by atoms with Crippen LogP contribution in [0.4, 0.5) is 0 Å². The van der Waals surface area contributed by atoms with Crippen LogP contribution in [0.15, 0.2) is 12.4 Å². The molecule has 3 heteroatoms. The molecule has 0 unspecified atom stereocenters. The second-order valence-corrected chi connectivity index (χ2v) is 4.68. The van der Waals surface area contributed by atoms with Gasteiger partial charge in [0.1, 0.15) is 0 Å². The van der Waals surface area contributed by atoms with Gasteiger partial charge >= 0.3 is 0 Å². The van der Waals surface area contributed by atoms with E-state index in [2.05, 4.69) is 16.8 Å². The minimum absolute atomic E-state index is 0.299. The minimum atomic E-state index is 0.299. The number of aromatic nitrogens is 1. The average Bonchev–Trinajstić information content (AvgIpc) is 2.66. The van der Waals surface area contributed by atoms with Gasteiger partial charge in [0.25, 0.3) is 0 Å². The van der Waals surface area contributed by atoms with E-state index in [1.165, 1.54) is 5.56 Å². The molecule has 0 aromatic carbocycles. The Hall–Kier alpha value is -1.56. The summed E-state index contributed by atoms with van der Waals surface area (Å²) < 4.78 is 2.12. The fourth-order valence-corrected chi connectivity index (χ4v) is 2.37. The van der Waals surface area contributed by atoms with Gasteiger partial charge in [0.15, 0.2) is 5.78 Å². The number of Topliss-reactive ketones (excluding diaryl/α,β-unsaturated/α-hetero) is 1. The van der Waals surface area contributed by atoms with Crippen molar-refractivity contribution in [3.63, 3.8) is 0 Å². The van der Waals surface area contributed by atoms with Gasteiger partial charge in [-0.1, -0.05) is 0 Å². The van der Waals surface area contributed by atoms with Crippen LogP contribution in [0.3, 0.4) is 0 Å². The number of carbonyl (C=O) groups is 1. The Balaban J connectivity index is 1.99. The zero-order valence-electron chi connectivity index (χ0n) is 10.1. The predicted octanol–water partition coefficient (Wildman–Crippen LogP) is 3.09. The summed E-state index contributed by atoms with van der Waals surface area (Å²) in [4.78, 5) is 11.8. The maximum absolute atomic E-state index is 11.8. The molecule has 0 fully saturated rings. The Morgan fingerprint density at radius 3 is 2.88 bits per heavy atom. The molecular formula is C14H18N2O. The van der Waals surface area contributed by atoms with Crippen LogP contribution in [0.1, 0.15) is 54.4 Å². The first-order valence-corrected chi connectivity index (χ1v) is 6.40. The molecule has 0 atom stereocenters. The number of nitriles is 1. The van der Waals surface area contributed by atoms with E-state index in [1.807, 2.05) is 6.20 Å². The van der Waals surface area contributed by atoms with Crippen molar-refractivity contribution in [3.8, 4) is 6.07 Å². The van der Waals surface area contributed by atoms with E-state index in [1.54, 1.807) is 0 Å². The van der Waals surface area contributed by atoms with Crippen molar-refractivity contribution in [1.82, 2.24) is 4.57 Å². The molecule has 0 N–H and O–H groups in total. The molecule has 0 saturated heterocycles. The third-order valence-corrected chi connectivity index (χ3v) is 3.32. The maximum Gasteiger partial charge on any atom is 0.164 e. The molecule has 1 aliphatic carbocycles. The third-order valence-electron chi connectivity index (χ3n) is 3.32. The highest BCUT2D eigenvalue weighted by atomic mass is 16.1. The Labute approximate surface area is 102 Å². The van der Waals surface area contributed by atoms with E-state index in [9.17, 15) is 4.79 Å². The number of rotatable bonds is 4. The molecular weight excluding hydrogens is 212 g/mol. The normalized spacial score (nSPS) is 15.1. The molecule has 0 saturated carbocycles. The molecule has 0 radical (unpaired) electrons. The number of aryl methyl sites for hydroxylation is 2. The van der Waals surface area contributed by atoms with Crippen molar-refractivity contribution in [3.05, 3.63) is 23.5 Å². The van der Waals surface area contributed by atoms with Crippen LogP contribution in [0.25, 0.3) is 0 Å². The summed E-state index contributed by atoms with van der Waals surface area (Å²) >= 11 is 0. The zero-order valence-corrected chi connectivity index (χ0v) is 10.1. The van der Waals surface area contributed by atoms with Crippen LogP contribution >= 0.6 is 0 Å². The van der Waals surface area contributed by atoms with Gasteiger partial charge in [-0.3, -0.25) is 4.79 Å². The van der Waals surface area contributed by atoms with Gasteiger partial charge < -0.3 is 4.57 Å². The summed E-state index contributed by atoms with van der Waals surface area (Å²) in [6.45, 7) is 0.919. The predicted molar refractivity (Wildman–Crippen MR) is 65.8 cm³/mol. The van der Waals surface area contributed by atoms with Gasteiger partial charge in [0.05, 0.1) is 6.07 Å². The monoisotopic (exact) mass is 230 g/mol. The molecule has 17 heavy (non-hydrogen) atoms. The summed E-state index contributed by atoms with van der Waals surface area (Å²) in [5.74, 6) is 0.299. The molecule has 0 bridgehead atoms. The van der Waals surface area contributed by atoms with Gasteiger partial charge in [-0.15, -0.1) is 0 Å². The van der Waals surface area contributed by atoms with Crippen molar-refractivity contribution in [2.45, 2.75) is 51.5 Å². The van der Waals surface area contributed by atoms with E-state index in [-0.39, 0.29) is 0 Å². The Morgan fingerprint density at radius 2 is 2.06 bits per heavy atom. The highest BCUT2D eigenvalue weighted by molar-refractivity contribution is 5.97. The van der Waals surface area contributed by atoms with Crippen LogP contribution in [0, 0.1) is 11.3 Å². The number of hydrogen-bond donors (Lipinski definition) is 0. The third kappa shape index (κ3) is 2.97. The Kier molecular flexibility index (Phi) is 3.98. The molecule has 0 aliphatic heterocycles. The fraction of sp³-hybridized carbons (Fsp3) is 0.571. The summed E-state index contributed by atoms with van der Waals surface area (Å²) in [6.07, 6.45) is 10.6. The van der Waals surface area contributed by atoms with Gasteiger partial charge in [0, 0.05) is 37.3 Å². The lowest BCUT2D eigenvalue weighted by Crippen LogP contribution is -1.98. The minimum Gasteiger partial charge on any atom is -0.353 e. The van der Waals surface area contributed by atoms with Gasteiger partial charge in [-0.25, -0.2) is 0 Å². The van der Waals surface area contributed by atoms with Crippen molar-refractivity contribution in [2.75, 3.05) is 0 Å². The van der Waals surface area contributed by atoms with Crippen LogP contribution in [0.2, 0.25) is 0 Å². The first-order valence-electron chi connectivity index (χ1n) is 6.40. The summed E-state index contributed by atoms with van der Waals surface area (Å²) in [6, 6.07) is 2.15. The van der Waals surface area contributed by atoms with E-state index in [0.29, 0.717) is 18.6 Å². The van der Waals surface area contributed by atoms with Crippen LogP contribution in [-0.4, -0.2) is 10.4 Å². The topological polar surface area (TPSA) is 45.8 Å². The average molecular weight is 230 g/mol. The van der Waals surface area contributed by atoms with Crippen LogP contribution in [0.5, 0.6) is 0 Å². The lowest BCUT2D eigenvalue weighted by molar-refractivity contribution is 0.0982. The number of fused-ring (bicyclic) bond motifs is 1. The van der Waals surface area contributed by atoms with Gasteiger partial charge in [-0.05, 0) is 37.7 Å². The van der Waals surface area contributed by atoms with Crippen molar-refractivity contribution < 1.29 is 4.79 Å². The molecule has 1 aromatic heterocycles. The van der Waals surface area contributed by atoms with Gasteiger partial charge in [-0.2, -0.15) is 5.26 Å². The smallest absolute Gasteiger partial charge is 0.164 e. The van der Waals surface area contributed by atoms with Crippen LogP contribution in [-0.2, 0) is 13.0 Å². The highest BCUT2D eigenvalue weighted by Gasteiger charge is 2.17. The lowest BCUT2D eigenvalue weighted by Gasteiger charge is -2.01. The Morgan fingerprint density at radius 1 is 1.24 bits per heavy atom. The van der Waals surface area contributed by atoms with Gasteiger partial charge in [0.2, 0.25) is 0 Å². The molecule has 3 nitrogen and oxygen atoms in total. The second-order valence-electron chi connectivity index (χ2n) is 4.68. The van der Waals surface area contributed by atoms with E-state index < -0.39 is 0 Å². The molecule has 1 aliphatic rings. The molecule has 1 aromatic rings. The largest absolute Gasteiger partial charge is 0.353 e. The molecule has 0 spiro atoms. The van der Waals surface area contributed by atoms with E-state index >= 15 is 0 Å². The molecule has 2 rings (SSSR count). The van der Waals surface area contributed by atoms with E-state index in [4.69, 9.17) is 5.26 Å².